The van der Waals surface area contributed by atoms with E-state index in [4.69, 9.17) is 0 Å². The molecule has 0 amide bonds. The summed E-state index contributed by atoms with van der Waals surface area (Å²) in [5.41, 5.74) is 2.81. The second-order valence-corrected chi connectivity index (χ2v) is 7.06. The van der Waals surface area contributed by atoms with Crippen molar-refractivity contribution in [1.29, 1.82) is 0 Å². The molecule has 0 fully saturated rings. The zero-order valence-corrected chi connectivity index (χ0v) is 15.3. The third-order valence-electron chi connectivity index (χ3n) is 4.05. The van der Waals surface area contributed by atoms with Crippen LogP contribution in [-0.4, -0.2) is 39.1 Å². The Balaban J connectivity index is 1.93. The fourth-order valence-corrected chi connectivity index (χ4v) is 3.73. The van der Waals surface area contributed by atoms with Crippen LogP contribution in [0.25, 0.3) is 17.0 Å². The Hall–Kier alpha value is -2.87. The largest absolute Gasteiger partial charge is 0.370 e. The van der Waals surface area contributed by atoms with Gasteiger partial charge in [-0.05, 0) is 57.2 Å². The van der Waals surface area contributed by atoms with Crippen molar-refractivity contribution in [2.24, 2.45) is 0 Å². The standard InChI is InChI=1S/C17H18N7S/c1-11(13-8-9-15(25-13)22(3)4)16-12(2)20-24-17(16)19-21-23(24)14-7-5-6-10-18-14/h5-10H,1-4H3/q+1. The van der Waals surface area contributed by atoms with Gasteiger partial charge in [-0.3, -0.25) is 0 Å². The highest BCUT2D eigenvalue weighted by atomic mass is 32.1. The van der Waals surface area contributed by atoms with Gasteiger partial charge in [0.05, 0.1) is 21.6 Å². The van der Waals surface area contributed by atoms with Crippen LogP contribution >= 0.6 is 11.3 Å². The molecule has 0 radical (unpaired) electrons. The molecular formula is C17H18N7S+. The summed E-state index contributed by atoms with van der Waals surface area (Å²) in [7, 11) is 4.10. The summed E-state index contributed by atoms with van der Waals surface area (Å²) in [5.74, 6) is 0.683. The minimum Gasteiger partial charge on any atom is -0.370 e. The van der Waals surface area contributed by atoms with Crippen molar-refractivity contribution in [3.63, 3.8) is 0 Å². The maximum absolute atomic E-state index is 4.63. The molecule has 25 heavy (non-hydrogen) atoms. The lowest BCUT2D eigenvalue weighted by molar-refractivity contribution is -0.736. The first-order valence-corrected chi connectivity index (χ1v) is 8.72. The van der Waals surface area contributed by atoms with Gasteiger partial charge in [0.15, 0.2) is 0 Å². The van der Waals surface area contributed by atoms with Gasteiger partial charge in [-0.15, -0.1) is 16.3 Å². The number of tetrazole rings is 1. The predicted molar refractivity (Wildman–Crippen MR) is 96.9 cm³/mol. The molecule has 126 valence electrons. The van der Waals surface area contributed by atoms with Gasteiger partial charge in [0.2, 0.25) is 0 Å². The van der Waals surface area contributed by atoms with Gasteiger partial charge in [0.1, 0.15) is 5.69 Å². The third-order valence-corrected chi connectivity index (χ3v) is 5.43. The van der Waals surface area contributed by atoms with Crippen LogP contribution in [0, 0.1) is 6.92 Å². The van der Waals surface area contributed by atoms with Crippen molar-refractivity contribution in [2.75, 3.05) is 19.0 Å². The number of rotatable bonds is 3. The topological polar surface area (TPSA) is 63.1 Å². The molecule has 0 saturated carbocycles. The summed E-state index contributed by atoms with van der Waals surface area (Å²) < 4.78 is 1.71. The number of fused-ring (bicyclic) bond motifs is 1. The Morgan fingerprint density at radius 2 is 2.04 bits per heavy atom. The van der Waals surface area contributed by atoms with Crippen molar-refractivity contribution in [1.82, 2.24) is 25.0 Å². The molecule has 0 aliphatic rings. The summed E-state index contributed by atoms with van der Waals surface area (Å²) >= 11 is 1.75. The van der Waals surface area contributed by atoms with Gasteiger partial charge >= 0.3 is 0 Å². The number of thiophene rings is 1. The summed E-state index contributed by atoms with van der Waals surface area (Å²) in [6, 6.07) is 9.93. The minimum atomic E-state index is 0.683. The number of nitrogens with zero attached hydrogens (tertiary/aromatic N) is 7. The number of aryl methyl sites for hydroxylation is 1. The van der Waals surface area contributed by atoms with Crippen LogP contribution < -0.4 is 14.9 Å². The Morgan fingerprint density at radius 3 is 2.72 bits per heavy atom. The van der Waals surface area contributed by atoms with Crippen LogP contribution in [0.5, 0.6) is 0 Å². The molecule has 0 saturated heterocycles. The summed E-state index contributed by atoms with van der Waals surface area (Å²) in [6.07, 6.45) is 1.73. The number of hydrogen-bond acceptors (Lipinski definition) is 6. The summed E-state index contributed by atoms with van der Waals surface area (Å²) in [5, 5.41) is 15.4. The molecule has 0 aromatic carbocycles. The molecule has 0 atom stereocenters. The first-order valence-electron chi connectivity index (χ1n) is 7.90. The molecule has 0 unspecified atom stereocenters. The molecule has 0 N–H and O–H groups in total. The lowest BCUT2D eigenvalue weighted by atomic mass is 10.2. The SMILES string of the molecule is CC(c1ccc(N(C)C)s1)=c1c(C)nn2c1nn[n+]2-c1ccccn1. The zero-order valence-electron chi connectivity index (χ0n) is 14.5. The van der Waals surface area contributed by atoms with Crippen molar-refractivity contribution in [3.05, 3.63) is 52.3 Å². The highest BCUT2D eigenvalue weighted by molar-refractivity contribution is 7.17. The monoisotopic (exact) mass is 352 g/mol. The number of hydrogen-bond donors (Lipinski definition) is 0. The Kier molecular flexibility index (Phi) is 3.69. The molecule has 0 aliphatic heterocycles. The second kappa shape index (κ2) is 5.89. The van der Waals surface area contributed by atoms with E-state index in [2.05, 4.69) is 44.4 Å². The predicted octanol–water partition coefficient (Wildman–Crippen LogP) is 1.17. The first-order chi connectivity index (χ1) is 12.1. The Bertz CT molecular complexity index is 1100. The van der Waals surface area contributed by atoms with E-state index in [1.807, 2.05) is 39.2 Å². The average molecular weight is 352 g/mol. The highest BCUT2D eigenvalue weighted by Crippen LogP contribution is 2.28. The van der Waals surface area contributed by atoms with E-state index < -0.39 is 0 Å². The number of anilines is 1. The van der Waals surface area contributed by atoms with Crippen molar-refractivity contribution < 1.29 is 4.80 Å². The van der Waals surface area contributed by atoms with E-state index in [1.165, 1.54) is 9.88 Å². The fourth-order valence-electron chi connectivity index (χ4n) is 2.79. The van der Waals surface area contributed by atoms with Gasteiger partial charge in [-0.1, -0.05) is 6.07 Å². The smallest absolute Gasteiger partial charge is 0.287 e. The molecule has 0 spiro atoms. The normalized spacial score (nSPS) is 12.6. The van der Waals surface area contributed by atoms with E-state index in [9.17, 15) is 0 Å². The van der Waals surface area contributed by atoms with E-state index in [1.54, 1.807) is 27.0 Å². The van der Waals surface area contributed by atoms with Crippen LogP contribution in [0.2, 0.25) is 0 Å². The molecule has 0 bridgehead atoms. The fraction of sp³-hybridized carbons (Fsp3) is 0.235. The molecule has 4 heterocycles. The maximum atomic E-state index is 4.63. The van der Waals surface area contributed by atoms with E-state index in [-0.39, 0.29) is 0 Å². The first kappa shape index (κ1) is 15.6. The van der Waals surface area contributed by atoms with Crippen LogP contribution in [0.3, 0.4) is 0 Å². The molecule has 4 aromatic heterocycles. The van der Waals surface area contributed by atoms with Crippen molar-refractivity contribution in [3.8, 4) is 5.82 Å². The lowest BCUT2D eigenvalue weighted by Gasteiger charge is -2.07. The van der Waals surface area contributed by atoms with Crippen LogP contribution in [0.4, 0.5) is 5.00 Å². The van der Waals surface area contributed by atoms with E-state index in [0.717, 1.165) is 22.1 Å². The van der Waals surface area contributed by atoms with E-state index >= 15 is 0 Å². The maximum Gasteiger partial charge on any atom is 0.287 e. The highest BCUT2D eigenvalue weighted by Gasteiger charge is 2.21. The average Bonchev–Trinajstić information content (AvgIpc) is 3.29. The lowest BCUT2D eigenvalue weighted by Crippen LogP contribution is -2.41. The summed E-state index contributed by atoms with van der Waals surface area (Å²) in [4.78, 5) is 9.25. The van der Waals surface area contributed by atoms with Crippen molar-refractivity contribution in [2.45, 2.75) is 13.8 Å². The van der Waals surface area contributed by atoms with E-state index in [0.29, 0.717) is 5.82 Å². The summed E-state index contributed by atoms with van der Waals surface area (Å²) in [6.45, 7) is 4.10. The number of pyridine rings is 1. The molecule has 4 rings (SSSR count). The molecule has 4 aromatic rings. The van der Waals surface area contributed by atoms with Gasteiger partial charge in [0.25, 0.3) is 11.5 Å². The van der Waals surface area contributed by atoms with Gasteiger partial charge in [0, 0.05) is 25.0 Å². The second-order valence-electron chi connectivity index (χ2n) is 6.00. The molecule has 8 heteroatoms. The quantitative estimate of drug-likeness (QED) is 0.518. The zero-order chi connectivity index (χ0) is 17.6. The van der Waals surface area contributed by atoms with Gasteiger partial charge < -0.3 is 4.90 Å². The molecular weight excluding hydrogens is 334 g/mol. The molecule has 7 nitrogen and oxygen atoms in total. The van der Waals surface area contributed by atoms with Gasteiger partial charge in [-0.2, -0.15) is 0 Å². The number of aromatic nitrogens is 6. The molecule has 0 aliphatic carbocycles. The van der Waals surface area contributed by atoms with Crippen LogP contribution in [0.1, 0.15) is 17.5 Å². The Morgan fingerprint density at radius 1 is 1.20 bits per heavy atom. The minimum absolute atomic E-state index is 0.683. The van der Waals surface area contributed by atoms with Crippen LogP contribution in [-0.2, 0) is 0 Å². The Labute approximate surface area is 148 Å². The third kappa shape index (κ3) is 2.54. The van der Waals surface area contributed by atoms with Gasteiger partial charge in [-0.25, -0.2) is 0 Å². The van der Waals surface area contributed by atoms with Crippen LogP contribution in [0.15, 0.2) is 36.5 Å². The van der Waals surface area contributed by atoms with Crippen molar-refractivity contribution >= 4 is 27.6 Å².